The van der Waals surface area contributed by atoms with Crippen LogP contribution in [0.1, 0.15) is 33.1 Å². The van der Waals surface area contributed by atoms with Crippen LogP contribution in [0.4, 0.5) is 0 Å². The molecular weight excluding hydrogens is 216 g/mol. The molecule has 0 aliphatic rings. The van der Waals surface area contributed by atoms with E-state index in [0.717, 1.165) is 31.6 Å². The predicted octanol–water partition coefficient (Wildman–Crippen LogP) is 3.54. The molecule has 0 radical (unpaired) electrons. The van der Waals surface area contributed by atoms with E-state index >= 15 is 0 Å². The van der Waals surface area contributed by atoms with Gasteiger partial charge in [-0.25, -0.2) is 0 Å². The second kappa shape index (κ2) is 8.71. The second-order valence-corrected chi connectivity index (χ2v) is 7.22. The van der Waals surface area contributed by atoms with Gasteiger partial charge in [-0.15, -0.1) is 11.6 Å². The fourth-order valence-electron chi connectivity index (χ4n) is 1.51. The standard InChI is InChI=1S/C10H23ClO2Si/c1-4-12-14(3,13-5-2)10-8-6-7-9-11/h4-10H2,1-3H3. The molecule has 0 amide bonds. The summed E-state index contributed by atoms with van der Waals surface area (Å²) in [6.45, 7) is 7.74. The maximum absolute atomic E-state index is 5.73. The monoisotopic (exact) mass is 238 g/mol. The molecule has 0 rings (SSSR count). The number of unbranched alkanes of at least 4 members (excludes halogenated alkanes) is 2. The average molecular weight is 239 g/mol. The van der Waals surface area contributed by atoms with Gasteiger partial charge in [-0.2, -0.15) is 0 Å². The van der Waals surface area contributed by atoms with E-state index < -0.39 is 8.56 Å². The van der Waals surface area contributed by atoms with Crippen molar-refractivity contribution >= 4 is 20.2 Å². The zero-order valence-electron chi connectivity index (χ0n) is 9.64. The Labute approximate surface area is 94.2 Å². The summed E-state index contributed by atoms with van der Waals surface area (Å²) < 4.78 is 11.5. The number of halogens is 1. The number of hydrogen-bond acceptors (Lipinski definition) is 2. The van der Waals surface area contributed by atoms with Crippen LogP contribution in [0.2, 0.25) is 12.6 Å². The minimum absolute atomic E-state index is 0.762. The molecule has 0 aliphatic heterocycles. The summed E-state index contributed by atoms with van der Waals surface area (Å²) >= 11 is 5.62. The third kappa shape index (κ3) is 6.82. The van der Waals surface area contributed by atoms with Crippen molar-refractivity contribution in [3.05, 3.63) is 0 Å². The minimum atomic E-state index is -1.84. The highest BCUT2D eigenvalue weighted by atomic mass is 35.5. The molecule has 0 saturated heterocycles. The molecule has 0 atom stereocenters. The van der Waals surface area contributed by atoms with Crippen LogP contribution in [-0.4, -0.2) is 27.7 Å². The maximum atomic E-state index is 5.73. The molecule has 0 aromatic heterocycles. The van der Waals surface area contributed by atoms with Gasteiger partial charge in [0.05, 0.1) is 0 Å². The second-order valence-electron chi connectivity index (χ2n) is 3.50. The van der Waals surface area contributed by atoms with E-state index in [1.54, 1.807) is 0 Å². The van der Waals surface area contributed by atoms with Gasteiger partial charge >= 0.3 is 8.56 Å². The van der Waals surface area contributed by atoms with Crippen molar-refractivity contribution in [1.82, 2.24) is 0 Å². The van der Waals surface area contributed by atoms with Crippen LogP contribution in [-0.2, 0) is 8.85 Å². The molecule has 0 bridgehead atoms. The van der Waals surface area contributed by atoms with Crippen LogP contribution in [0.25, 0.3) is 0 Å². The highest BCUT2D eigenvalue weighted by Crippen LogP contribution is 2.17. The Balaban J connectivity index is 3.71. The Morgan fingerprint density at radius 1 is 1.00 bits per heavy atom. The van der Waals surface area contributed by atoms with Crippen molar-refractivity contribution in [3.63, 3.8) is 0 Å². The van der Waals surface area contributed by atoms with Crippen LogP contribution in [0.3, 0.4) is 0 Å². The molecule has 0 heterocycles. The fraction of sp³-hybridized carbons (Fsp3) is 1.00. The van der Waals surface area contributed by atoms with Crippen LogP contribution in [0, 0.1) is 0 Å². The average Bonchev–Trinajstić information content (AvgIpc) is 2.13. The van der Waals surface area contributed by atoms with Gasteiger partial charge in [0.15, 0.2) is 0 Å². The van der Waals surface area contributed by atoms with Crippen molar-refractivity contribution < 1.29 is 8.85 Å². The highest BCUT2D eigenvalue weighted by molar-refractivity contribution is 6.66. The molecule has 0 unspecified atom stereocenters. The molecule has 4 heteroatoms. The van der Waals surface area contributed by atoms with Crippen molar-refractivity contribution in [2.75, 3.05) is 19.1 Å². The Bertz CT molecular complexity index is 127. The first-order valence-electron chi connectivity index (χ1n) is 5.52. The molecule has 86 valence electrons. The number of rotatable bonds is 9. The van der Waals surface area contributed by atoms with Crippen molar-refractivity contribution in [2.24, 2.45) is 0 Å². The first-order chi connectivity index (χ1) is 6.68. The topological polar surface area (TPSA) is 18.5 Å². The van der Waals surface area contributed by atoms with E-state index in [4.69, 9.17) is 20.5 Å². The van der Waals surface area contributed by atoms with Gasteiger partial charge in [0, 0.05) is 19.1 Å². The Morgan fingerprint density at radius 3 is 2.00 bits per heavy atom. The normalized spacial score (nSPS) is 12.0. The fourth-order valence-corrected chi connectivity index (χ4v) is 4.19. The van der Waals surface area contributed by atoms with Gasteiger partial charge in [0.25, 0.3) is 0 Å². The molecule has 0 aromatic carbocycles. The maximum Gasteiger partial charge on any atom is 0.334 e. The summed E-state index contributed by atoms with van der Waals surface area (Å²) in [5.74, 6) is 0.765. The van der Waals surface area contributed by atoms with Crippen molar-refractivity contribution in [3.8, 4) is 0 Å². The lowest BCUT2D eigenvalue weighted by molar-refractivity contribution is 0.188. The summed E-state index contributed by atoms with van der Waals surface area (Å²) in [5.41, 5.74) is 0. The van der Waals surface area contributed by atoms with E-state index in [1.807, 2.05) is 13.8 Å². The molecule has 0 N–H and O–H groups in total. The lowest BCUT2D eigenvalue weighted by Gasteiger charge is -2.25. The van der Waals surface area contributed by atoms with E-state index in [2.05, 4.69) is 6.55 Å². The lowest BCUT2D eigenvalue weighted by atomic mass is 10.3. The van der Waals surface area contributed by atoms with Gasteiger partial charge in [-0.3, -0.25) is 0 Å². The first-order valence-corrected chi connectivity index (χ1v) is 8.58. The van der Waals surface area contributed by atoms with E-state index in [-0.39, 0.29) is 0 Å². The van der Waals surface area contributed by atoms with Crippen LogP contribution >= 0.6 is 11.6 Å². The summed E-state index contributed by atoms with van der Waals surface area (Å²) in [5, 5.41) is 0. The highest BCUT2D eigenvalue weighted by Gasteiger charge is 2.29. The van der Waals surface area contributed by atoms with Gasteiger partial charge in [0.2, 0.25) is 0 Å². The van der Waals surface area contributed by atoms with Gasteiger partial charge in [0.1, 0.15) is 0 Å². The molecule has 2 nitrogen and oxygen atoms in total. The summed E-state index contributed by atoms with van der Waals surface area (Å²) in [6.07, 6.45) is 3.46. The van der Waals surface area contributed by atoms with Crippen LogP contribution in [0.15, 0.2) is 0 Å². The molecule has 0 aliphatic carbocycles. The summed E-state index contributed by atoms with van der Waals surface area (Å²) in [6, 6.07) is 1.09. The summed E-state index contributed by atoms with van der Waals surface area (Å²) in [4.78, 5) is 0. The molecule has 0 saturated carbocycles. The lowest BCUT2D eigenvalue weighted by Crippen LogP contribution is -2.38. The molecule has 0 fully saturated rings. The van der Waals surface area contributed by atoms with Crippen molar-refractivity contribution in [1.29, 1.82) is 0 Å². The van der Waals surface area contributed by atoms with Gasteiger partial charge < -0.3 is 8.85 Å². The zero-order valence-corrected chi connectivity index (χ0v) is 11.4. The largest absolute Gasteiger partial charge is 0.395 e. The first kappa shape index (κ1) is 14.4. The molecule has 0 aromatic rings. The smallest absolute Gasteiger partial charge is 0.334 e. The minimum Gasteiger partial charge on any atom is -0.395 e. The van der Waals surface area contributed by atoms with Gasteiger partial charge in [-0.1, -0.05) is 12.8 Å². The van der Waals surface area contributed by atoms with E-state index in [1.165, 1.54) is 12.8 Å². The molecule has 0 spiro atoms. The Kier molecular flexibility index (Phi) is 8.98. The van der Waals surface area contributed by atoms with Crippen LogP contribution in [0.5, 0.6) is 0 Å². The number of hydrogen-bond donors (Lipinski definition) is 0. The Morgan fingerprint density at radius 2 is 1.57 bits per heavy atom. The summed E-state index contributed by atoms with van der Waals surface area (Å²) in [7, 11) is -1.84. The van der Waals surface area contributed by atoms with E-state index in [9.17, 15) is 0 Å². The van der Waals surface area contributed by atoms with Crippen LogP contribution < -0.4 is 0 Å². The van der Waals surface area contributed by atoms with Gasteiger partial charge in [-0.05, 0) is 32.9 Å². The third-order valence-corrected chi connectivity index (χ3v) is 5.49. The third-order valence-electron chi connectivity index (χ3n) is 2.16. The SMILES string of the molecule is CCO[Si](C)(CCCCCCl)OCC. The van der Waals surface area contributed by atoms with E-state index in [0.29, 0.717) is 0 Å². The number of alkyl halides is 1. The molecular formula is C10H23ClO2Si. The molecule has 14 heavy (non-hydrogen) atoms. The predicted molar refractivity (Wildman–Crippen MR) is 64.2 cm³/mol. The van der Waals surface area contributed by atoms with Crippen molar-refractivity contribution in [2.45, 2.75) is 45.7 Å². The Hall–Kier alpha value is 0.427. The quantitative estimate of drug-likeness (QED) is 0.348. The zero-order chi connectivity index (χ0) is 10.9.